The number of nitrogens with zero attached hydrogens (tertiary/aromatic N) is 1. The van der Waals surface area contributed by atoms with Gasteiger partial charge in [-0.15, -0.1) is 0 Å². The Kier molecular flexibility index (Phi) is 4.76. The Morgan fingerprint density at radius 1 is 1.17 bits per heavy atom. The minimum Gasteiger partial charge on any atom is -0.308 e. The van der Waals surface area contributed by atoms with Gasteiger partial charge in [-0.1, -0.05) is 49.9 Å². The first kappa shape index (κ1) is 13.1. The van der Waals surface area contributed by atoms with E-state index in [1.807, 2.05) is 12.1 Å². The van der Waals surface area contributed by atoms with Gasteiger partial charge in [0.2, 0.25) is 0 Å². The van der Waals surface area contributed by atoms with E-state index in [1.54, 1.807) is 0 Å². The molecule has 1 aromatic carbocycles. The molecule has 0 saturated heterocycles. The standard InChI is InChI=1S/C15H23N3/c1-12-8-6-7-11-14(12)15(18-16)17-13-9-4-2-3-5-10-13/h6-8,11,13H,2-5,9-10,16H2,1H3,(H,17,18). The van der Waals surface area contributed by atoms with E-state index in [1.165, 1.54) is 44.1 Å². The summed E-state index contributed by atoms with van der Waals surface area (Å²) in [5.41, 5.74) is 5.10. The molecule has 0 aliphatic heterocycles. The lowest BCUT2D eigenvalue weighted by Crippen LogP contribution is -2.33. The first-order chi connectivity index (χ1) is 8.81. The molecule has 1 aliphatic rings. The molecule has 98 valence electrons. The molecule has 18 heavy (non-hydrogen) atoms. The highest BCUT2D eigenvalue weighted by molar-refractivity contribution is 5.99. The van der Waals surface area contributed by atoms with E-state index in [0.717, 1.165) is 11.4 Å². The van der Waals surface area contributed by atoms with Crippen molar-refractivity contribution < 1.29 is 0 Å². The van der Waals surface area contributed by atoms with Crippen LogP contribution in [0.4, 0.5) is 0 Å². The van der Waals surface area contributed by atoms with Crippen LogP contribution in [0.15, 0.2) is 29.3 Å². The Morgan fingerprint density at radius 3 is 2.44 bits per heavy atom. The molecule has 0 aromatic heterocycles. The summed E-state index contributed by atoms with van der Waals surface area (Å²) < 4.78 is 0. The Hall–Kier alpha value is -1.35. The molecule has 2 rings (SSSR count). The lowest BCUT2D eigenvalue weighted by molar-refractivity contribution is 0.583. The number of benzene rings is 1. The van der Waals surface area contributed by atoms with Crippen molar-refractivity contribution in [3.8, 4) is 0 Å². The molecular weight excluding hydrogens is 222 g/mol. The average Bonchev–Trinajstić information content (AvgIpc) is 2.65. The van der Waals surface area contributed by atoms with Gasteiger partial charge in [-0.2, -0.15) is 0 Å². The molecule has 0 amide bonds. The number of hydrogen-bond acceptors (Lipinski definition) is 2. The number of amidine groups is 1. The van der Waals surface area contributed by atoms with Crippen LogP contribution in [-0.2, 0) is 0 Å². The predicted molar refractivity (Wildman–Crippen MR) is 76.5 cm³/mol. The van der Waals surface area contributed by atoms with Crippen LogP contribution in [0.2, 0.25) is 0 Å². The minimum absolute atomic E-state index is 0.429. The van der Waals surface area contributed by atoms with E-state index in [-0.39, 0.29) is 0 Å². The number of nitrogens with two attached hydrogens (primary N) is 1. The number of aliphatic imine (C=N–C) groups is 1. The van der Waals surface area contributed by atoms with Crippen LogP contribution >= 0.6 is 0 Å². The second kappa shape index (κ2) is 6.55. The van der Waals surface area contributed by atoms with Crippen molar-refractivity contribution in [2.75, 3.05) is 0 Å². The fourth-order valence-corrected chi connectivity index (χ4v) is 2.59. The lowest BCUT2D eigenvalue weighted by atomic mass is 10.1. The Morgan fingerprint density at radius 2 is 1.83 bits per heavy atom. The van der Waals surface area contributed by atoms with Gasteiger partial charge in [-0.25, -0.2) is 5.84 Å². The van der Waals surface area contributed by atoms with Crippen molar-refractivity contribution in [2.24, 2.45) is 10.8 Å². The van der Waals surface area contributed by atoms with Crippen LogP contribution in [0.25, 0.3) is 0 Å². The molecule has 0 bridgehead atoms. The van der Waals surface area contributed by atoms with E-state index in [9.17, 15) is 0 Å². The molecule has 1 aromatic rings. The summed E-state index contributed by atoms with van der Waals surface area (Å²) in [7, 11) is 0. The molecule has 0 radical (unpaired) electrons. The van der Waals surface area contributed by atoms with Crippen molar-refractivity contribution in [3.63, 3.8) is 0 Å². The lowest BCUT2D eigenvalue weighted by Gasteiger charge is -2.14. The highest BCUT2D eigenvalue weighted by Gasteiger charge is 2.13. The van der Waals surface area contributed by atoms with E-state index >= 15 is 0 Å². The summed E-state index contributed by atoms with van der Waals surface area (Å²) in [4.78, 5) is 4.83. The van der Waals surface area contributed by atoms with Crippen molar-refractivity contribution in [1.82, 2.24) is 5.43 Å². The van der Waals surface area contributed by atoms with E-state index in [2.05, 4.69) is 24.5 Å². The normalized spacial score (nSPS) is 18.4. The van der Waals surface area contributed by atoms with E-state index < -0.39 is 0 Å². The van der Waals surface area contributed by atoms with Crippen molar-refractivity contribution in [2.45, 2.75) is 51.5 Å². The van der Waals surface area contributed by atoms with Gasteiger partial charge in [0.25, 0.3) is 0 Å². The summed E-state index contributed by atoms with van der Waals surface area (Å²) in [6, 6.07) is 8.67. The zero-order chi connectivity index (χ0) is 12.8. The van der Waals surface area contributed by atoms with Crippen LogP contribution < -0.4 is 11.3 Å². The Bertz CT molecular complexity index is 404. The third-order valence-corrected chi connectivity index (χ3v) is 3.67. The minimum atomic E-state index is 0.429. The maximum absolute atomic E-state index is 5.65. The number of nitrogens with one attached hydrogen (secondary N) is 1. The van der Waals surface area contributed by atoms with E-state index in [0.29, 0.717) is 6.04 Å². The molecule has 3 nitrogen and oxygen atoms in total. The molecule has 0 unspecified atom stereocenters. The SMILES string of the molecule is Cc1ccccc1C(=NC1CCCCCC1)NN. The summed E-state index contributed by atoms with van der Waals surface area (Å²) in [6.07, 6.45) is 7.66. The summed E-state index contributed by atoms with van der Waals surface area (Å²) in [6.45, 7) is 2.09. The van der Waals surface area contributed by atoms with Gasteiger partial charge in [0, 0.05) is 5.56 Å². The van der Waals surface area contributed by atoms with Gasteiger partial charge < -0.3 is 5.43 Å². The second-order valence-corrected chi connectivity index (χ2v) is 5.08. The van der Waals surface area contributed by atoms with Crippen molar-refractivity contribution in [3.05, 3.63) is 35.4 Å². The highest BCUT2D eigenvalue weighted by Crippen LogP contribution is 2.20. The molecule has 3 heteroatoms. The molecule has 0 atom stereocenters. The van der Waals surface area contributed by atoms with Crippen molar-refractivity contribution in [1.29, 1.82) is 0 Å². The third kappa shape index (κ3) is 3.33. The number of aryl methyl sites for hydroxylation is 1. The second-order valence-electron chi connectivity index (χ2n) is 5.08. The quantitative estimate of drug-likeness (QED) is 0.277. The van der Waals surface area contributed by atoms with Crippen molar-refractivity contribution >= 4 is 5.84 Å². The highest BCUT2D eigenvalue weighted by atomic mass is 15.3. The van der Waals surface area contributed by atoms with Crippen LogP contribution in [0.3, 0.4) is 0 Å². The molecular formula is C15H23N3. The average molecular weight is 245 g/mol. The van der Waals surface area contributed by atoms with Gasteiger partial charge in [0.1, 0.15) is 5.84 Å². The van der Waals surface area contributed by atoms with Gasteiger partial charge >= 0.3 is 0 Å². The molecule has 1 aliphatic carbocycles. The maximum Gasteiger partial charge on any atom is 0.143 e. The third-order valence-electron chi connectivity index (χ3n) is 3.67. The number of hydrogen-bond donors (Lipinski definition) is 2. The zero-order valence-corrected chi connectivity index (χ0v) is 11.2. The molecule has 0 spiro atoms. The summed E-state index contributed by atoms with van der Waals surface area (Å²) >= 11 is 0. The van der Waals surface area contributed by atoms with Crippen LogP contribution in [-0.4, -0.2) is 11.9 Å². The maximum atomic E-state index is 5.65. The number of rotatable bonds is 2. The van der Waals surface area contributed by atoms with Gasteiger partial charge in [0.15, 0.2) is 0 Å². The summed E-state index contributed by atoms with van der Waals surface area (Å²) in [5.74, 6) is 6.48. The Balaban J connectivity index is 2.19. The molecule has 3 N–H and O–H groups in total. The monoisotopic (exact) mass is 245 g/mol. The van der Waals surface area contributed by atoms with Gasteiger partial charge in [0.05, 0.1) is 6.04 Å². The van der Waals surface area contributed by atoms with Crippen LogP contribution in [0.5, 0.6) is 0 Å². The molecule has 0 heterocycles. The van der Waals surface area contributed by atoms with Crippen LogP contribution in [0, 0.1) is 6.92 Å². The molecule has 1 fully saturated rings. The fraction of sp³-hybridized carbons (Fsp3) is 0.533. The topological polar surface area (TPSA) is 50.4 Å². The first-order valence-electron chi connectivity index (χ1n) is 6.91. The Labute approximate surface area is 109 Å². The fourth-order valence-electron chi connectivity index (χ4n) is 2.59. The predicted octanol–water partition coefficient (Wildman–Crippen LogP) is 2.93. The van der Waals surface area contributed by atoms with Crippen LogP contribution in [0.1, 0.15) is 49.7 Å². The zero-order valence-electron chi connectivity index (χ0n) is 11.2. The largest absolute Gasteiger partial charge is 0.308 e. The first-order valence-corrected chi connectivity index (χ1v) is 6.91. The molecule has 1 saturated carbocycles. The number of hydrazine groups is 1. The smallest absolute Gasteiger partial charge is 0.143 e. The van der Waals surface area contributed by atoms with E-state index in [4.69, 9.17) is 10.8 Å². The van der Waals surface area contributed by atoms with Gasteiger partial charge in [-0.3, -0.25) is 4.99 Å². The van der Waals surface area contributed by atoms with Gasteiger partial charge in [-0.05, 0) is 25.3 Å². The summed E-state index contributed by atoms with van der Waals surface area (Å²) in [5, 5.41) is 0.